The summed E-state index contributed by atoms with van der Waals surface area (Å²) in [5.41, 5.74) is -0.284. The van der Waals surface area contributed by atoms with Crippen LogP contribution >= 0.6 is 0 Å². The van der Waals surface area contributed by atoms with Gasteiger partial charge in [0.15, 0.2) is 6.61 Å². The van der Waals surface area contributed by atoms with Crippen molar-refractivity contribution in [1.82, 2.24) is 0 Å². The Labute approximate surface area is 225 Å². The van der Waals surface area contributed by atoms with Crippen LogP contribution in [0.5, 0.6) is 0 Å². The third-order valence-electron chi connectivity index (χ3n) is 12.2. The molecule has 10 heteroatoms. The standard InChI is InChI=1S/C28H44F2O7S/c1-17-8-13-27(24(32)37-16-23(31)36-15-14-28(29,30)38(33,34)35)20(19(17)3)6-7-21-22(27)10-12-25(4)18(2)9-11-26(21,25)5/h17-22H,6-16H2,1-5H3,(H,33,34,35). The molecule has 9 atom stereocenters. The van der Waals surface area contributed by atoms with E-state index in [0.717, 1.165) is 44.9 Å². The summed E-state index contributed by atoms with van der Waals surface area (Å²) in [5, 5.41) is -4.43. The first kappa shape index (κ1) is 29.7. The number of hydrogen-bond donors (Lipinski definition) is 1. The minimum absolute atomic E-state index is 0.150. The first-order valence-corrected chi connectivity index (χ1v) is 15.6. The Morgan fingerprint density at radius 1 is 0.895 bits per heavy atom. The van der Waals surface area contributed by atoms with Gasteiger partial charge in [-0.2, -0.15) is 17.2 Å². The lowest BCUT2D eigenvalue weighted by atomic mass is 9.39. The zero-order chi connectivity index (χ0) is 28.3. The smallest absolute Gasteiger partial charge is 0.373 e. The number of esters is 2. The molecule has 9 unspecified atom stereocenters. The second-order valence-corrected chi connectivity index (χ2v) is 14.8. The van der Waals surface area contributed by atoms with Gasteiger partial charge in [-0.3, -0.25) is 9.35 Å². The van der Waals surface area contributed by atoms with E-state index >= 15 is 0 Å². The van der Waals surface area contributed by atoms with Gasteiger partial charge in [0.2, 0.25) is 0 Å². The maximum Gasteiger partial charge on any atom is 0.373 e. The van der Waals surface area contributed by atoms with E-state index in [4.69, 9.17) is 14.0 Å². The molecule has 218 valence electrons. The monoisotopic (exact) mass is 562 g/mol. The highest BCUT2D eigenvalue weighted by atomic mass is 32.2. The SMILES string of the molecule is CC1CCC2(C(=O)OCC(=O)OCCC(F)(F)S(=O)(=O)O)C(CCC3C2CCC2(C)C(C)CCC32C)C1C. The van der Waals surface area contributed by atoms with Crippen molar-refractivity contribution in [3.05, 3.63) is 0 Å². The van der Waals surface area contributed by atoms with Gasteiger partial charge in [0.1, 0.15) is 0 Å². The molecule has 4 fully saturated rings. The summed E-state index contributed by atoms with van der Waals surface area (Å²) < 4.78 is 67.2. The number of alkyl halides is 2. The third-order valence-corrected chi connectivity index (χ3v) is 13.1. The van der Waals surface area contributed by atoms with Gasteiger partial charge < -0.3 is 9.47 Å². The molecule has 7 nitrogen and oxygen atoms in total. The van der Waals surface area contributed by atoms with Crippen LogP contribution in [0.15, 0.2) is 0 Å². The van der Waals surface area contributed by atoms with Crippen molar-refractivity contribution in [2.24, 2.45) is 51.8 Å². The van der Waals surface area contributed by atoms with Gasteiger partial charge in [0.05, 0.1) is 18.4 Å². The van der Waals surface area contributed by atoms with Crippen LogP contribution in [0, 0.1) is 51.8 Å². The van der Waals surface area contributed by atoms with Crippen LogP contribution in [-0.2, 0) is 29.2 Å². The van der Waals surface area contributed by atoms with Gasteiger partial charge in [0.25, 0.3) is 0 Å². The summed E-state index contributed by atoms with van der Waals surface area (Å²) in [6.07, 6.45) is 6.70. The largest absolute Gasteiger partial charge is 0.463 e. The van der Waals surface area contributed by atoms with Crippen molar-refractivity contribution < 1.29 is 40.8 Å². The fourth-order valence-electron chi connectivity index (χ4n) is 9.30. The summed E-state index contributed by atoms with van der Waals surface area (Å²) in [6.45, 7) is 10.1. The molecule has 0 aliphatic heterocycles. The minimum atomic E-state index is -5.61. The van der Waals surface area contributed by atoms with Gasteiger partial charge in [-0.05, 0) is 97.7 Å². The Bertz CT molecular complexity index is 1050. The Morgan fingerprint density at radius 2 is 1.53 bits per heavy atom. The molecule has 0 radical (unpaired) electrons. The highest BCUT2D eigenvalue weighted by Gasteiger charge is 2.68. The van der Waals surface area contributed by atoms with Crippen molar-refractivity contribution in [2.45, 2.75) is 97.7 Å². The van der Waals surface area contributed by atoms with E-state index in [1.165, 1.54) is 6.42 Å². The fourth-order valence-corrected chi connectivity index (χ4v) is 9.64. The Morgan fingerprint density at radius 3 is 2.18 bits per heavy atom. The molecule has 4 saturated carbocycles. The van der Waals surface area contributed by atoms with Gasteiger partial charge in [-0.25, -0.2) is 4.79 Å². The van der Waals surface area contributed by atoms with Gasteiger partial charge >= 0.3 is 27.3 Å². The van der Waals surface area contributed by atoms with Crippen LogP contribution in [0.2, 0.25) is 0 Å². The molecule has 0 aromatic heterocycles. The Kier molecular flexibility index (Phi) is 7.78. The lowest BCUT2D eigenvalue weighted by Crippen LogP contribution is -2.62. The highest BCUT2D eigenvalue weighted by Crippen LogP contribution is 2.73. The highest BCUT2D eigenvalue weighted by molar-refractivity contribution is 7.86. The second kappa shape index (κ2) is 9.96. The van der Waals surface area contributed by atoms with Gasteiger partial charge in [0, 0.05) is 0 Å². The number of fused-ring (bicyclic) bond motifs is 5. The van der Waals surface area contributed by atoms with Crippen LogP contribution in [0.3, 0.4) is 0 Å². The first-order chi connectivity index (χ1) is 17.5. The summed E-state index contributed by atoms with van der Waals surface area (Å²) in [7, 11) is -5.61. The molecular formula is C28H44F2O7S. The first-order valence-electron chi connectivity index (χ1n) is 14.2. The molecular weight excluding hydrogens is 518 g/mol. The van der Waals surface area contributed by atoms with Crippen LogP contribution in [0.1, 0.15) is 92.4 Å². The summed E-state index contributed by atoms with van der Waals surface area (Å²) in [6, 6.07) is 0. The maximum absolute atomic E-state index is 14.0. The number of carbonyl (C=O) groups is 2. The van der Waals surface area contributed by atoms with E-state index in [0.29, 0.717) is 23.7 Å². The van der Waals surface area contributed by atoms with Crippen LogP contribution < -0.4 is 0 Å². The van der Waals surface area contributed by atoms with Crippen molar-refractivity contribution in [3.8, 4) is 0 Å². The van der Waals surface area contributed by atoms with Crippen LogP contribution in [-0.4, -0.2) is 43.4 Å². The molecule has 4 aliphatic carbocycles. The van der Waals surface area contributed by atoms with Crippen molar-refractivity contribution in [1.29, 1.82) is 0 Å². The zero-order valence-electron chi connectivity index (χ0n) is 23.3. The van der Waals surface area contributed by atoms with E-state index in [2.05, 4.69) is 34.6 Å². The van der Waals surface area contributed by atoms with Crippen molar-refractivity contribution in [2.75, 3.05) is 13.2 Å². The molecule has 0 aromatic carbocycles. The molecule has 38 heavy (non-hydrogen) atoms. The third kappa shape index (κ3) is 4.49. The molecule has 0 spiro atoms. The average molecular weight is 563 g/mol. The maximum atomic E-state index is 14.0. The van der Waals surface area contributed by atoms with Gasteiger partial charge in [-0.1, -0.05) is 34.6 Å². The normalized spacial score (nSPS) is 42.9. The summed E-state index contributed by atoms with van der Waals surface area (Å²) in [5.74, 6) is 0.822. The molecule has 0 amide bonds. The summed E-state index contributed by atoms with van der Waals surface area (Å²) in [4.78, 5) is 26.3. The van der Waals surface area contributed by atoms with E-state index in [1.807, 2.05) is 0 Å². The second-order valence-electron chi connectivity index (χ2n) is 13.3. The molecule has 1 N–H and O–H groups in total. The molecule has 0 bridgehead atoms. The molecule has 0 heterocycles. The van der Waals surface area contributed by atoms with Crippen molar-refractivity contribution >= 4 is 22.1 Å². The molecule has 4 aliphatic rings. The quantitative estimate of drug-likeness (QED) is 0.305. The minimum Gasteiger partial charge on any atom is -0.463 e. The number of hydrogen-bond acceptors (Lipinski definition) is 6. The lowest BCUT2D eigenvalue weighted by molar-refractivity contribution is -0.205. The zero-order valence-corrected chi connectivity index (χ0v) is 24.1. The number of carbonyl (C=O) groups excluding carboxylic acids is 2. The van der Waals surface area contributed by atoms with E-state index < -0.39 is 46.4 Å². The lowest BCUT2D eigenvalue weighted by Gasteiger charge is -2.65. The van der Waals surface area contributed by atoms with E-state index in [9.17, 15) is 26.8 Å². The van der Waals surface area contributed by atoms with E-state index in [1.54, 1.807) is 0 Å². The number of halogens is 2. The van der Waals surface area contributed by atoms with Gasteiger partial charge in [-0.15, -0.1) is 0 Å². The molecule has 4 rings (SSSR count). The molecule has 0 saturated heterocycles. The Balaban J connectivity index is 1.51. The topological polar surface area (TPSA) is 107 Å². The Hall–Kier alpha value is -1.29. The van der Waals surface area contributed by atoms with Crippen molar-refractivity contribution in [3.63, 3.8) is 0 Å². The number of rotatable bonds is 7. The summed E-state index contributed by atoms with van der Waals surface area (Å²) >= 11 is 0. The molecule has 0 aromatic rings. The predicted octanol–water partition coefficient (Wildman–Crippen LogP) is 5.87. The predicted molar refractivity (Wildman–Crippen MR) is 137 cm³/mol. The van der Waals surface area contributed by atoms with Crippen LogP contribution in [0.4, 0.5) is 8.78 Å². The average Bonchev–Trinajstić information content (AvgIpc) is 3.08. The van der Waals surface area contributed by atoms with Crippen LogP contribution in [0.25, 0.3) is 0 Å². The fraction of sp³-hybridized carbons (Fsp3) is 0.929. The number of ether oxygens (including phenoxy) is 2. The van der Waals surface area contributed by atoms with E-state index in [-0.39, 0.29) is 28.6 Å².